The third kappa shape index (κ3) is 5.46. The van der Waals surface area contributed by atoms with Crippen molar-refractivity contribution in [2.24, 2.45) is 5.92 Å². The van der Waals surface area contributed by atoms with Crippen LogP contribution in [-0.4, -0.2) is 46.4 Å². The fraction of sp³-hybridized carbons (Fsp3) is 0.722. The summed E-state index contributed by atoms with van der Waals surface area (Å²) < 4.78 is 15.9. The number of amides is 2. The third-order valence-corrected chi connectivity index (χ3v) is 3.77. The second kappa shape index (κ2) is 7.98. The molecule has 148 valence electrons. The molecule has 0 aliphatic heterocycles. The van der Waals surface area contributed by atoms with Crippen LogP contribution < -0.4 is 0 Å². The predicted octanol–water partition coefficient (Wildman–Crippen LogP) is 4.39. The zero-order valence-corrected chi connectivity index (χ0v) is 18.0. The Kier molecular flexibility index (Phi) is 6.90. The van der Waals surface area contributed by atoms with Crippen molar-refractivity contribution in [1.29, 1.82) is 0 Å². The van der Waals surface area contributed by atoms with Crippen LogP contribution in [0.1, 0.15) is 54.9 Å². The summed E-state index contributed by atoms with van der Waals surface area (Å²) in [7, 11) is 0. The summed E-state index contributed by atoms with van der Waals surface area (Å²) in [5.74, 6) is -1.05. The summed E-state index contributed by atoms with van der Waals surface area (Å²) in [4.78, 5) is 40.6. The molecule has 0 saturated heterocycles. The highest BCUT2D eigenvalue weighted by Gasteiger charge is 2.69. The molecule has 1 saturated carbocycles. The molecule has 0 N–H and O–H groups in total. The zero-order chi connectivity index (χ0) is 20.3. The van der Waals surface area contributed by atoms with Crippen LogP contribution in [0.5, 0.6) is 0 Å². The third-order valence-electron chi connectivity index (χ3n) is 3.47. The van der Waals surface area contributed by atoms with E-state index in [1.807, 2.05) is 0 Å². The molecule has 1 rings (SSSR count). The van der Waals surface area contributed by atoms with E-state index < -0.39 is 34.9 Å². The molecule has 0 radical (unpaired) electrons. The van der Waals surface area contributed by atoms with Gasteiger partial charge in [-0.1, -0.05) is 22.0 Å². The Bertz CT molecular complexity index is 561. The summed E-state index contributed by atoms with van der Waals surface area (Å²) in [5, 5.41) is 0. The fourth-order valence-corrected chi connectivity index (χ4v) is 2.81. The first kappa shape index (κ1) is 22.5. The van der Waals surface area contributed by atoms with E-state index in [9.17, 15) is 14.4 Å². The molecule has 2 atom stereocenters. The predicted molar refractivity (Wildman–Crippen MR) is 99.8 cm³/mol. The number of carbonyl (C=O) groups excluding carboxylic acids is 3. The van der Waals surface area contributed by atoms with Crippen molar-refractivity contribution in [2.75, 3.05) is 6.61 Å². The van der Waals surface area contributed by atoms with Crippen LogP contribution in [0.4, 0.5) is 9.59 Å². The van der Waals surface area contributed by atoms with Crippen molar-refractivity contribution in [2.45, 2.75) is 71.6 Å². The molecule has 0 bridgehead atoms. The lowest BCUT2D eigenvalue weighted by Crippen LogP contribution is -2.55. The van der Waals surface area contributed by atoms with E-state index in [2.05, 4.69) is 15.9 Å². The van der Waals surface area contributed by atoms with Gasteiger partial charge in [0.05, 0.1) is 6.61 Å². The van der Waals surface area contributed by atoms with Gasteiger partial charge in [0.1, 0.15) is 11.2 Å². The van der Waals surface area contributed by atoms with Crippen LogP contribution >= 0.6 is 15.9 Å². The molecule has 0 heterocycles. The van der Waals surface area contributed by atoms with Gasteiger partial charge in [0, 0.05) is 5.92 Å². The van der Waals surface area contributed by atoms with E-state index in [1.54, 1.807) is 59.5 Å². The standard InChI is InChI=1S/C18H28BrNO6/c1-8-24-13(21)18(11-12(18)9-10-19)20(14(22)25-16(2,3)4)15(23)26-17(5,6)7/h9-10,12H,8,11H2,1-7H3/b10-9-/t12-,18-/m1/s1. The second-order valence-corrected chi connectivity index (χ2v) is 8.60. The van der Waals surface area contributed by atoms with Crippen LogP contribution in [0.15, 0.2) is 11.1 Å². The number of esters is 1. The molecule has 1 fully saturated rings. The smallest absolute Gasteiger partial charge is 0.420 e. The molecule has 1 aliphatic rings. The molecular formula is C18H28BrNO6. The normalized spacial score (nSPS) is 22.7. The average molecular weight is 434 g/mol. The minimum atomic E-state index is -1.47. The molecule has 2 amide bonds. The van der Waals surface area contributed by atoms with Gasteiger partial charge in [-0.15, -0.1) is 0 Å². The van der Waals surface area contributed by atoms with Crippen LogP contribution in [-0.2, 0) is 19.0 Å². The van der Waals surface area contributed by atoms with E-state index in [0.29, 0.717) is 0 Å². The van der Waals surface area contributed by atoms with Gasteiger partial charge in [0.25, 0.3) is 0 Å². The topological polar surface area (TPSA) is 82.1 Å². The Balaban J connectivity index is 3.33. The van der Waals surface area contributed by atoms with Gasteiger partial charge in [-0.3, -0.25) is 0 Å². The summed E-state index contributed by atoms with van der Waals surface area (Å²) in [6.45, 7) is 11.9. The number of imide groups is 1. The largest absolute Gasteiger partial charge is 0.464 e. The summed E-state index contributed by atoms with van der Waals surface area (Å²) in [6, 6.07) is 0. The highest BCUT2D eigenvalue weighted by Crippen LogP contribution is 2.51. The first-order valence-electron chi connectivity index (χ1n) is 8.48. The second-order valence-electron chi connectivity index (χ2n) is 8.07. The maximum absolute atomic E-state index is 12.8. The lowest BCUT2D eigenvalue weighted by atomic mass is 10.1. The van der Waals surface area contributed by atoms with E-state index in [0.717, 1.165) is 4.90 Å². The van der Waals surface area contributed by atoms with Crippen LogP contribution in [0, 0.1) is 5.92 Å². The summed E-state index contributed by atoms with van der Waals surface area (Å²) >= 11 is 3.17. The number of rotatable bonds is 4. The average Bonchev–Trinajstić information content (AvgIpc) is 3.10. The number of hydrogen-bond donors (Lipinski definition) is 0. The van der Waals surface area contributed by atoms with Crippen LogP contribution in [0.3, 0.4) is 0 Å². The first-order valence-corrected chi connectivity index (χ1v) is 9.40. The van der Waals surface area contributed by atoms with Gasteiger partial charge < -0.3 is 14.2 Å². The van der Waals surface area contributed by atoms with Crippen molar-refractivity contribution >= 4 is 34.1 Å². The number of ether oxygens (including phenoxy) is 3. The molecule has 1 aliphatic carbocycles. The minimum absolute atomic E-state index is 0.127. The Morgan fingerprint density at radius 1 is 1.08 bits per heavy atom. The molecule has 0 aromatic carbocycles. The Hall–Kier alpha value is -1.57. The highest BCUT2D eigenvalue weighted by atomic mass is 79.9. The summed E-state index contributed by atoms with van der Waals surface area (Å²) in [6.07, 6.45) is 0.0565. The zero-order valence-electron chi connectivity index (χ0n) is 16.4. The van der Waals surface area contributed by atoms with Crippen LogP contribution in [0.2, 0.25) is 0 Å². The van der Waals surface area contributed by atoms with E-state index in [-0.39, 0.29) is 18.9 Å². The van der Waals surface area contributed by atoms with Crippen molar-refractivity contribution in [3.05, 3.63) is 11.1 Å². The molecule has 0 spiro atoms. The molecule has 7 nitrogen and oxygen atoms in total. The number of nitrogens with zero attached hydrogens (tertiary/aromatic N) is 1. The Labute approximate surface area is 163 Å². The Morgan fingerprint density at radius 2 is 1.54 bits per heavy atom. The first-order chi connectivity index (χ1) is 11.8. The maximum Gasteiger partial charge on any atom is 0.420 e. The van der Waals surface area contributed by atoms with Crippen molar-refractivity contribution < 1.29 is 28.6 Å². The van der Waals surface area contributed by atoms with Gasteiger partial charge in [-0.05, 0) is 59.9 Å². The fourth-order valence-electron chi connectivity index (χ4n) is 2.45. The van der Waals surface area contributed by atoms with Gasteiger partial charge in [-0.25, -0.2) is 14.4 Å². The van der Waals surface area contributed by atoms with Gasteiger partial charge in [-0.2, -0.15) is 4.90 Å². The molecule has 8 heteroatoms. The van der Waals surface area contributed by atoms with Crippen molar-refractivity contribution in [3.8, 4) is 0 Å². The van der Waals surface area contributed by atoms with E-state index in [1.165, 1.54) is 0 Å². The SMILES string of the molecule is CCOC(=O)[C@@]1(N(C(=O)OC(C)(C)C)C(=O)OC(C)(C)C)C[C@H]1/C=C\Br. The monoisotopic (exact) mass is 433 g/mol. The van der Waals surface area contributed by atoms with Crippen LogP contribution in [0.25, 0.3) is 0 Å². The van der Waals surface area contributed by atoms with Crippen molar-refractivity contribution in [1.82, 2.24) is 4.90 Å². The number of carbonyl (C=O) groups is 3. The number of halogens is 1. The summed E-state index contributed by atoms with van der Waals surface area (Å²) in [5.41, 5.74) is -3.16. The molecule has 0 aromatic rings. The maximum atomic E-state index is 12.8. The van der Waals surface area contributed by atoms with Gasteiger partial charge >= 0.3 is 18.2 Å². The van der Waals surface area contributed by atoms with Crippen molar-refractivity contribution in [3.63, 3.8) is 0 Å². The number of hydrogen-bond acceptors (Lipinski definition) is 6. The van der Waals surface area contributed by atoms with Gasteiger partial charge in [0.15, 0.2) is 5.54 Å². The highest BCUT2D eigenvalue weighted by molar-refractivity contribution is 9.11. The minimum Gasteiger partial charge on any atom is -0.464 e. The molecular weight excluding hydrogens is 406 g/mol. The van der Waals surface area contributed by atoms with E-state index >= 15 is 0 Å². The Morgan fingerprint density at radius 3 is 1.88 bits per heavy atom. The van der Waals surface area contributed by atoms with E-state index in [4.69, 9.17) is 14.2 Å². The molecule has 0 unspecified atom stereocenters. The molecule has 0 aromatic heterocycles. The molecule has 26 heavy (non-hydrogen) atoms. The lowest BCUT2D eigenvalue weighted by molar-refractivity contribution is -0.151. The quantitative estimate of drug-likeness (QED) is 0.482. The van der Waals surface area contributed by atoms with Gasteiger partial charge in [0.2, 0.25) is 0 Å². The lowest BCUT2D eigenvalue weighted by Gasteiger charge is -2.33.